The number of halogens is 5. The summed E-state index contributed by atoms with van der Waals surface area (Å²) in [6.45, 7) is 0.425. The fourth-order valence-corrected chi connectivity index (χ4v) is 3.13. The van der Waals surface area contributed by atoms with E-state index in [2.05, 4.69) is 15.9 Å². The van der Waals surface area contributed by atoms with Gasteiger partial charge in [0.05, 0.1) is 0 Å². The summed E-state index contributed by atoms with van der Waals surface area (Å²) >= 11 is 9.06. The SMILES string of the molecule is CC(C1CC1)N(CC(F)(F)F)C(=O)c1cc(Cl)cc(Br)c1. The minimum Gasteiger partial charge on any atom is -0.327 e. The van der Waals surface area contributed by atoms with Crippen LogP contribution in [0.3, 0.4) is 0 Å². The van der Waals surface area contributed by atoms with Gasteiger partial charge in [0.15, 0.2) is 0 Å². The Balaban J connectivity index is 2.28. The first kappa shape index (κ1) is 16.6. The van der Waals surface area contributed by atoms with Gasteiger partial charge in [-0.2, -0.15) is 13.2 Å². The molecule has 0 saturated heterocycles. The van der Waals surface area contributed by atoms with Crippen LogP contribution < -0.4 is 0 Å². The van der Waals surface area contributed by atoms with Crippen LogP contribution in [0.15, 0.2) is 22.7 Å². The predicted octanol–water partition coefficient (Wildman–Crippen LogP) is 4.91. The predicted molar refractivity (Wildman–Crippen MR) is 78.4 cm³/mol. The van der Waals surface area contributed by atoms with E-state index in [1.54, 1.807) is 13.0 Å². The molecular weight excluding hydrogens is 371 g/mol. The van der Waals surface area contributed by atoms with E-state index in [9.17, 15) is 18.0 Å². The molecule has 1 aliphatic rings. The molecule has 1 aromatic carbocycles. The molecule has 1 atom stereocenters. The van der Waals surface area contributed by atoms with Gasteiger partial charge in [0, 0.05) is 21.1 Å². The largest absolute Gasteiger partial charge is 0.406 e. The van der Waals surface area contributed by atoms with Crippen molar-refractivity contribution in [3.05, 3.63) is 33.3 Å². The number of carbonyl (C=O) groups is 1. The Kier molecular flexibility index (Phi) is 4.88. The Bertz CT molecular complexity index is 525. The van der Waals surface area contributed by atoms with E-state index in [0.29, 0.717) is 9.50 Å². The first-order valence-electron chi connectivity index (χ1n) is 6.51. The van der Waals surface area contributed by atoms with Gasteiger partial charge in [-0.25, -0.2) is 0 Å². The van der Waals surface area contributed by atoms with E-state index in [0.717, 1.165) is 17.7 Å². The van der Waals surface area contributed by atoms with Gasteiger partial charge in [-0.15, -0.1) is 0 Å². The molecule has 0 heterocycles. The molecule has 0 aromatic heterocycles. The van der Waals surface area contributed by atoms with E-state index >= 15 is 0 Å². The van der Waals surface area contributed by atoms with Gasteiger partial charge >= 0.3 is 6.18 Å². The Hall–Kier alpha value is -0.750. The van der Waals surface area contributed by atoms with Crippen LogP contribution in [-0.4, -0.2) is 29.6 Å². The lowest BCUT2D eigenvalue weighted by molar-refractivity contribution is -0.144. The Morgan fingerprint density at radius 2 is 2.05 bits per heavy atom. The molecule has 116 valence electrons. The highest BCUT2D eigenvalue weighted by molar-refractivity contribution is 9.10. The summed E-state index contributed by atoms with van der Waals surface area (Å²) in [5.41, 5.74) is 0.158. The maximum Gasteiger partial charge on any atom is 0.406 e. The van der Waals surface area contributed by atoms with Gasteiger partial charge in [-0.1, -0.05) is 27.5 Å². The second-order valence-electron chi connectivity index (χ2n) is 5.28. The third-order valence-electron chi connectivity index (χ3n) is 3.52. The van der Waals surface area contributed by atoms with Crippen LogP contribution in [0, 0.1) is 5.92 Å². The molecular formula is C14H14BrClF3NO. The van der Waals surface area contributed by atoms with Crippen molar-refractivity contribution >= 4 is 33.4 Å². The van der Waals surface area contributed by atoms with Gasteiger partial charge < -0.3 is 4.90 Å². The Morgan fingerprint density at radius 3 is 2.52 bits per heavy atom. The van der Waals surface area contributed by atoms with Crippen molar-refractivity contribution in [3.8, 4) is 0 Å². The highest BCUT2D eigenvalue weighted by atomic mass is 79.9. The Morgan fingerprint density at radius 1 is 1.43 bits per heavy atom. The highest BCUT2D eigenvalue weighted by Gasteiger charge is 2.40. The summed E-state index contributed by atoms with van der Waals surface area (Å²) in [5, 5.41) is 0.304. The topological polar surface area (TPSA) is 20.3 Å². The zero-order valence-corrected chi connectivity index (χ0v) is 13.6. The van der Waals surface area contributed by atoms with E-state index in [1.807, 2.05) is 0 Å². The van der Waals surface area contributed by atoms with Gasteiger partial charge in [0.1, 0.15) is 6.54 Å². The van der Waals surface area contributed by atoms with Gasteiger partial charge in [0.2, 0.25) is 0 Å². The molecule has 0 radical (unpaired) electrons. The molecule has 1 unspecified atom stereocenters. The smallest absolute Gasteiger partial charge is 0.327 e. The fourth-order valence-electron chi connectivity index (χ4n) is 2.27. The second-order valence-corrected chi connectivity index (χ2v) is 6.64. The minimum atomic E-state index is -4.42. The molecule has 0 bridgehead atoms. The highest BCUT2D eigenvalue weighted by Crippen LogP contribution is 2.37. The number of nitrogens with zero attached hydrogens (tertiary/aromatic N) is 1. The fraction of sp³-hybridized carbons (Fsp3) is 0.500. The summed E-state index contributed by atoms with van der Waals surface area (Å²) in [4.78, 5) is 13.3. The van der Waals surface area contributed by atoms with E-state index in [4.69, 9.17) is 11.6 Å². The molecule has 1 fully saturated rings. The molecule has 1 aliphatic carbocycles. The van der Waals surface area contributed by atoms with Crippen LogP contribution in [0.5, 0.6) is 0 Å². The first-order valence-corrected chi connectivity index (χ1v) is 7.68. The third kappa shape index (κ3) is 4.61. The first-order chi connectivity index (χ1) is 9.67. The zero-order chi connectivity index (χ0) is 15.8. The molecule has 1 amide bonds. The zero-order valence-electron chi connectivity index (χ0n) is 11.3. The average molecular weight is 385 g/mol. The van der Waals surface area contributed by atoms with E-state index < -0.39 is 24.7 Å². The molecule has 1 saturated carbocycles. The number of benzene rings is 1. The lowest BCUT2D eigenvalue weighted by Gasteiger charge is -2.30. The van der Waals surface area contributed by atoms with Crippen molar-refractivity contribution in [1.29, 1.82) is 0 Å². The number of alkyl halides is 3. The minimum absolute atomic E-state index is 0.152. The van der Waals surface area contributed by atoms with E-state index in [-0.39, 0.29) is 11.5 Å². The van der Waals surface area contributed by atoms with Crippen LogP contribution in [-0.2, 0) is 0 Å². The molecule has 1 aromatic rings. The third-order valence-corrected chi connectivity index (χ3v) is 4.19. The number of hydrogen-bond donors (Lipinski definition) is 0. The summed E-state index contributed by atoms with van der Waals surface area (Å²) in [7, 11) is 0. The standard InChI is InChI=1S/C14H14BrClF3NO/c1-8(9-2-3-9)20(7-14(17,18)19)13(21)10-4-11(15)6-12(16)5-10/h4-6,8-9H,2-3,7H2,1H3. The molecule has 2 rings (SSSR count). The molecule has 0 aliphatic heterocycles. The molecule has 2 nitrogen and oxygen atoms in total. The molecule has 7 heteroatoms. The monoisotopic (exact) mass is 383 g/mol. The lowest BCUT2D eigenvalue weighted by atomic mass is 10.1. The number of carbonyl (C=O) groups excluding carboxylic acids is 1. The van der Waals surface area contributed by atoms with Gasteiger partial charge in [-0.05, 0) is 43.9 Å². The number of rotatable bonds is 4. The quantitative estimate of drug-likeness (QED) is 0.722. The van der Waals surface area contributed by atoms with Crippen molar-refractivity contribution in [3.63, 3.8) is 0 Å². The van der Waals surface area contributed by atoms with Crippen molar-refractivity contribution < 1.29 is 18.0 Å². The second kappa shape index (κ2) is 6.16. The summed E-state index contributed by atoms with van der Waals surface area (Å²) in [5.74, 6) is -0.492. The van der Waals surface area contributed by atoms with Crippen molar-refractivity contribution in [1.82, 2.24) is 4.90 Å². The van der Waals surface area contributed by atoms with Crippen LogP contribution in [0.2, 0.25) is 5.02 Å². The van der Waals surface area contributed by atoms with E-state index in [1.165, 1.54) is 12.1 Å². The number of hydrogen-bond acceptors (Lipinski definition) is 1. The van der Waals surface area contributed by atoms with Gasteiger partial charge in [-0.3, -0.25) is 4.79 Å². The summed E-state index contributed by atoms with van der Waals surface area (Å²) in [6.07, 6.45) is -2.70. The maximum atomic E-state index is 12.8. The van der Waals surface area contributed by atoms with Crippen molar-refractivity contribution in [2.45, 2.75) is 32.0 Å². The number of amides is 1. The molecule has 0 spiro atoms. The normalized spacial score (nSPS) is 16.7. The van der Waals surface area contributed by atoms with Crippen LogP contribution in [0.25, 0.3) is 0 Å². The Labute approximate surface area is 134 Å². The average Bonchev–Trinajstić information content (AvgIpc) is 3.16. The molecule has 21 heavy (non-hydrogen) atoms. The van der Waals surface area contributed by atoms with Gasteiger partial charge in [0.25, 0.3) is 5.91 Å². The maximum absolute atomic E-state index is 12.8. The van der Waals surface area contributed by atoms with Crippen molar-refractivity contribution in [2.24, 2.45) is 5.92 Å². The van der Waals surface area contributed by atoms with Crippen LogP contribution in [0.1, 0.15) is 30.1 Å². The van der Waals surface area contributed by atoms with Crippen LogP contribution in [0.4, 0.5) is 13.2 Å². The summed E-state index contributed by atoms with van der Waals surface area (Å²) in [6, 6.07) is 4.02. The summed E-state index contributed by atoms with van der Waals surface area (Å²) < 4.78 is 38.8. The van der Waals surface area contributed by atoms with Crippen molar-refractivity contribution in [2.75, 3.05) is 6.54 Å². The lowest BCUT2D eigenvalue weighted by Crippen LogP contribution is -2.45. The molecule has 0 N–H and O–H groups in total. The van der Waals surface area contributed by atoms with Crippen LogP contribution >= 0.6 is 27.5 Å².